The van der Waals surface area contributed by atoms with Crippen molar-refractivity contribution in [3.8, 4) is 0 Å². The minimum absolute atomic E-state index is 0.135. The lowest BCUT2D eigenvalue weighted by molar-refractivity contribution is -0.384. The summed E-state index contributed by atoms with van der Waals surface area (Å²) in [5.74, 6) is -1.22. The Morgan fingerprint density at radius 2 is 1.88 bits per heavy atom. The topological polar surface area (TPSA) is 148 Å². The van der Waals surface area contributed by atoms with Gasteiger partial charge in [0.1, 0.15) is 5.69 Å². The van der Waals surface area contributed by atoms with Gasteiger partial charge in [-0.3, -0.25) is 19.7 Å². The van der Waals surface area contributed by atoms with E-state index in [9.17, 15) is 28.1 Å². The van der Waals surface area contributed by atoms with Gasteiger partial charge in [0.25, 0.3) is 11.6 Å². The average Bonchev–Trinajstić information content (AvgIpc) is 2.86. The fourth-order valence-corrected chi connectivity index (χ4v) is 5.37. The molecule has 2 saturated heterocycles. The molecule has 1 aromatic carbocycles. The van der Waals surface area contributed by atoms with Crippen LogP contribution in [0.5, 0.6) is 0 Å². The first kappa shape index (κ1) is 25.8. The van der Waals surface area contributed by atoms with Gasteiger partial charge in [0.15, 0.2) is 6.61 Å². The zero-order valence-corrected chi connectivity index (χ0v) is 19.9. The molecule has 34 heavy (non-hydrogen) atoms. The summed E-state index contributed by atoms with van der Waals surface area (Å²) in [5.41, 5.74) is -0.000329. The molecule has 188 valence electrons. The van der Waals surface area contributed by atoms with Gasteiger partial charge in [0, 0.05) is 38.8 Å². The van der Waals surface area contributed by atoms with E-state index < -0.39 is 26.8 Å². The minimum Gasteiger partial charge on any atom is -0.455 e. The number of sulfonamides is 1. The molecule has 0 saturated carbocycles. The lowest BCUT2D eigenvalue weighted by Gasteiger charge is -2.32. The zero-order valence-electron chi connectivity index (χ0n) is 19.1. The predicted molar refractivity (Wildman–Crippen MR) is 122 cm³/mol. The molecule has 2 heterocycles. The number of hydrogen-bond donors (Lipinski definition) is 1. The molecule has 2 aliphatic heterocycles. The number of anilines is 1. The van der Waals surface area contributed by atoms with Gasteiger partial charge >= 0.3 is 5.97 Å². The van der Waals surface area contributed by atoms with E-state index in [-0.39, 0.29) is 49.4 Å². The number of carbonyl (C=O) groups excluding carboxylic acids is 2. The van der Waals surface area contributed by atoms with E-state index in [1.54, 1.807) is 4.90 Å². The fourth-order valence-electron chi connectivity index (χ4n) is 3.94. The summed E-state index contributed by atoms with van der Waals surface area (Å²) >= 11 is 0. The lowest BCUT2D eigenvalue weighted by Crippen LogP contribution is -2.40. The van der Waals surface area contributed by atoms with Gasteiger partial charge in [-0.05, 0) is 31.4 Å². The molecule has 1 amide bonds. The monoisotopic (exact) mass is 498 g/mol. The highest BCUT2D eigenvalue weighted by Crippen LogP contribution is 2.34. The molecule has 13 heteroatoms. The van der Waals surface area contributed by atoms with Crippen LogP contribution in [-0.2, 0) is 29.1 Å². The molecule has 0 bridgehead atoms. The predicted octanol–water partition coefficient (Wildman–Crippen LogP) is 0.902. The van der Waals surface area contributed by atoms with E-state index in [1.807, 2.05) is 6.92 Å². The molecular formula is C21H30N4O8S. The van der Waals surface area contributed by atoms with Crippen molar-refractivity contribution in [2.75, 3.05) is 57.4 Å². The Morgan fingerprint density at radius 1 is 1.21 bits per heavy atom. The van der Waals surface area contributed by atoms with Crippen LogP contribution in [0.15, 0.2) is 23.1 Å². The number of ether oxygens (including phenoxy) is 2. The number of piperidine rings is 1. The lowest BCUT2D eigenvalue weighted by atomic mass is 9.96. The number of esters is 1. The van der Waals surface area contributed by atoms with Gasteiger partial charge in [0.05, 0.1) is 29.0 Å². The highest BCUT2D eigenvalue weighted by molar-refractivity contribution is 7.89. The van der Waals surface area contributed by atoms with E-state index in [0.29, 0.717) is 38.2 Å². The van der Waals surface area contributed by atoms with Crippen LogP contribution in [0.25, 0.3) is 0 Å². The van der Waals surface area contributed by atoms with Gasteiger partial charge in [-0.1, -0.05) is 6.92 Å². The first-order chi connectivity index (χ1) is 16.2. The molecule has 0 aromatic heterocycles. The van der Waals surface area contributed by atoms with E-state index in [0.717, 1.165) is 12.5 Å². The Morgan fingerprint density at radius 3 is 2.50 bits per heavy atom. The summed E-state index contributed by atoms with van der Waals surface area (Å²) in [6, 6.07) is 3.92. The maximum atomic E-state index is 12.9. The second-order valence-corrected chi connectivity index (χ2v) is 10.1. The van der Waals surface area contributed by atoms with Gasteiger partial charge in [-0.15, -0.1) is 0 Å². The zero-order chi connectivity index (χ0) is 24.7. The molecule has 12 nitrogen and oxygen atoms in total. The number of nitrogens with one attached hydrogen (secondary N) is 1. The summed E-state index contributed by atoms with van der Waals surface area (Å²) in [4.78, 5) is 36.7. The molecule has 3 rings (SSSR count). The van der Waals surface area contributed by atoms with Crippen LogP contribution in [-0.4, -0.2) is 82.1 Å². The van der Waals surface area contributed by atoms with E-state index in [1.165, 1.54) is 16.4 Å². The van der Waals surface area contributed by atoms with Gasteiger partial charge in [-0.25, -0.2) is 8.42 Å². The highest BCUT2D eigenvalue weighted by atomic mass is 32.2. The third-order valence-corrected chi connectivity index (χ3v) is 7.73. The summed E-state index contributed by atoms with van der Waals surface area (Å²) in [6.07, 6.45) is 1.59. The summed E-state index contributed by atoms with van der Waals surface area (Å²) in [6.45, 7) is 3.77. The van der Waals surface area contributed by atoms with Crippen molar-refractivity contribution in [3.05, 3.63) is 28.3 Å². The number of nitro benzene ring substituents is 1. The normalized spacial score (nSPS) is 17.9. The molecule has 0 aliphatic carbocycles. The molecule has 0 radical (unpaired) electrons. The summed E-state index contributed by atoms with van der Waals surface area (Å²) < 4.78 is 37.3. The summed E-state index contributed by atoms with van der Waals surface area (Å²) in [5, 5.41) is 14.4. The third-order valence-electron chi connectivity index (χ3n) is 5.84. The number of amides is 1. The van der Waals surface area contributed by atoms with Crippen LogP contribution >= 0.6 is 0 Å². The first-order valence-corrected chi connectivity index (χ1v) is 12.7. The SMILES string of the molecule is CCCNC(=O)COC(=O)C1CCN(c2ccc(S(=O)(=O)N3CCOCC3)cc2[N+](=O)[O-])CC1. The fraction of sp³-hybridized carbons (Fsp3) is 0.619. The van der Waals surface area contributed by atoms with Gasteiger partial charge < -0.3 is 19.7 Å². The molecule has 0 spiro atoms. The van der Waals surface area contributed by atoms with Crippen molar-refractivity contribution in [2.24, 2.45) is 5.92 Å². The number of rotatable bonds is 9. The minimum atomic E-state index is -3.87. The van der Waals surface area contributed by atoms with Crippen molar-refractivity contribution in [1.82, 2.24) is 9.62 Å². The average molecular weight is 499 g/mol. The van der Waals surface area contributed by atoms with E-state index in [2.05, 4.69) is 5.32 Å². The van der Waals surface area contributed by atoms with Crippen molar-refractivity contribution >= 4 is 33.3 Å². The van der Waals surface area contributed by atoms with Crippen LogP contribution < -0.4 is 10.2 Å². The quantitative estimate of drug-likeness (QED) is 0.298. The van der Waals surface area contributed by atoms with Crippen LogP contribution in [0.4, 0.5) is 11.4 Å². The standard InChI is InChI=1S/C21H30N4O8S/c1-2-7-22-20(26)15-33-21(27)16-5-8-23(9-6-16)18-4-3-17(14-19(18)25(28)29)34(30,31)24-10-12-32-13-11-24/h3-4,14,16H,2,5-13,15H2,1H3,(H,22,26). The van der Waals surface area contributed by atoms with E-state index >= 15 is 0 Å². The van der Waals surface area contributed by atoms with Gasteiger partial charge in [0.2, 0.25) is 10.0 Å². The largest absolute Gasteiger partial charge is 0.455 e. The second-order valence-electron chi connectivity index (χ2n) is 8.14. The Balaban J connectivity index is 1.65. The Labute approximate surface area is 198 Å². The molecule has 0 atom stereocenters. The van der Waals surface area contributed by atoms with Crippen LogP contribution in [0.2, 0.25) is 0 Å². The summed E-state index contributed by atoms with van der Waals surface area (Å²) in [7, 11) is -3.87. The Bertz CT molecular complexity index is 1000. The van der Waals surface area contributed by atoms with Crippen molar-refractivity contribution in [1.29, 1.82) is 0 Å². The molecule has 2 fully saturated rings. The highest BCUT2D eigenvalue weighted by Gasteiger charge is 2.32. The number of nitro groups is 1. The molecule has 2 aliphatic rings. The van der Waals surface area contributed by atoms with Crippen LogP contribution in [0.3, 0.4) is 0 Å². The van der Waals surface area contributed by atoms with Crippen molar-refractivity contribution in [3.63, 3.8) is 0 Å². The Kier molecular flexibility index (Phi) is 8.80. The smallest absolute Gasteiger partial charge is 0.309 e. The molecule has 1 aromatic rings. The Hall–Kier alpha value is -2.77. The molecule has 0 unspecified atom stereocenters. The second kappa shape index (κ2) is 11.6. The van der Waals surface area contributed by atoms with Crippen LogP contribution in [0.1, 0.15) is 26.2 Å². The van der Waals surface area contributed by atoms with Crippen LogP contribution in [0, 0.1) is 16.0 Å². The maximum Gasteiger partial charge on any atom is 0.309 e. The van der Waals surface area contributed by atoms with E-state index in [4.69, 9.17) is 9.47 Å². The molecular weight excluding hydrogens is 468 g/mol. The van der Waals surface area contributed by atoms with Gasteiger partial charge in [-0.2, -0.15) is 4.31 Å². The first-order valence-electron chi connectivity index (χ1n) is 11.3. The number of morpholine rings is 1. The van der Waals surface area contributed by atoms with Crippen molar-refractivity contribution < 1.29 is 32.4 Å². The number of nitrogens with zero attached hydrogens (tertiary/aromatic N) is 3. The number of carbonyl (C=O) groups is 2. The van der Waals surface area contributed by atoms with Crippen molar-refractivity contribution in [2.45, 2.75) is 31.1 Å². The number of hydrogen-bond acceptors (Lipinski definition) is 9. The maximum absolute atomic E-state index is 12.9. The third kappa shape index (κ3) is 6.21. The molecule has 1 N–H and O–H groups in total. The number of benzene rings is 1.